The number of urea groups is 1. The largest absolute Gasteiger partial charge is 0.483 e. The van der Waals surface area contributed by atoms with Crippen molar-refractivity contribution >= 4 is 80.3 Å². The molecule has 37 heavy (non-hydrogen) atoms. The number of halogens is 4. The number of carbonyl (C=O) groups excluding carboxylic acids is 4. The maximum Gasteiger partial charge on any atom is 0.335 e. The Hall–Kier alpha value is -3.73. The maximum atomic E-state index is 13.3. The van der Waals surface area contributed by atoms with Crippen molar-refractivity contribution in [3.8, 4) is 5.75 Å². The number of barbiturate groups is 1. The molecule has 0 radical (unpaired) electrons. The molecule has 1 heterocycles. The van der Waals surface area contributed by atoms with E-state index in [-0.39, 0.29) is 17.9 Å². The fourth-order valence-electron chi connectivity index (χ4n) is 3.29. The Morgan fingerprint density at radius 2 is 1.76 bits per heavy atom. The van der Waals surface area contributed by atoms with Gasteiger partial charge < -0.3 is 10.1 Å². The molecule has 0 spiro atoms. The molecule has 0 saturated carbocycles. The predicted molar refractivity (Wildman–Crippen MR) is 140 cm³/mol. The third kappa shape index (κ3) is 6.16. The second-order valence-corrected chi connectivity index (χ2v) is 9.26. The quantitative estimate of drug-likeness (QED) is 0.282. The summed E-state index contributed by atoms with van der Waals surface area (Å²) in [6.07, 6.45) is 1.30. The van der Waals surface area contributed by atoms with Gasteiger partial charge in [-0.2, -0.15) is 0 Å². The number of hydrogen-bond donors (Lipinski definition) is 2. The molecule has 3 aromatic rings. The summed E-state index contributed by atoms with van der Waals surface area (Å²) >= 11 is 15.1. The second-order valence-electron chi connectivity index (χ2n) is 7.59. The number of ether oxygens (including phenoxy) is 1. The van der Waals surface area contributed by atoms with E-state index in [4.69, 9.17) is 27.9 Å². The summed E-state index contributed by atoms with van der Waals surface area (Å²) < 4.78 is 19.2. The summed E-state index contributed by atoms with van der Waals surface area (Å²) in [7, 11) is 0. The van der Waals surface area contributed by atoms with Crippen molar-refractivity contribution in [1.82, 2.24) is 5.32 Å². The number of benzene rings is 3. The number of hydrogen-bond acceptors (Lipinski definition) is 5. The molecule has 0 atom stereocenters. The van der Waals surface area contributed by atoms with Gasteiger partial charge in [0, 0.05) is 5.69 Å². The van der Waals surface area contributed by atoms with Crippen LogP contribution in [0.25, 0.3) is 6.08 Å². The summed E-state index contributed by atoms with van der Waals surface area (Å²) in [5.74, 6) is -2.39. The van der Waals surface area contributed by atoms with Crippen LogP contribution in [-0.4, -0.2) is 30.4 Å². The molecule has 0 unspecified atom stereocenters. The molecule has 188 valence electrons. The van der Waals surface area contributed by atoms with Crippen LogP contribution in [0.3, 0.4) is 0 Å². The number of amides is 5. The fraction of sp³-hybridized carbons (Fsp3) is 0.0400. The predicted octanol–water partition coefficient (Wildman–Crippen LogP) is 5.58. The summed E-state index contributed by atoms with van der Waals surface area (Å²) in [5.41, 5.74) is 0.691. The maximum absolute atomic E-state index is 13.3. The number of carbonyl (C=O) groups is 4. The van der Waals surface area contributed by atoms with E-state index in [2.05, 4.69) is 26.6 Å². The van der Waals surface area contributed by atoms with Gasteiger partial charge in [-0.25, -0.2) is 14.1 Å². The zero-order valence-electron chi connectivity index (χ0n) is 18.6. The molecule has 12 heteroatoms. The highest BCUT2D eigenvalue weighted by molar-refractivity contribution is 9.10. The van der Waals surface area contributed by atoms with Crippen LogP contribution in [0.1, 0.15) is 5.56 Å². The van der Waals surface area contributed by atoms with Crippen molar-refractivity contribution in [1.29, 1.82) is 0 Å². The van der Waals surface area contributed by atoms with Gasteiger partial charge >= 0.3 is 6.03 Å². The van der Waals surface area contributed by atoms with Crippen LogP contribution in [0.15, 0.2) is 70.7 Å². The van der Waals surface area contributed by atoms with Crippen LogP contribution in [-0.2, 0) is 14.4 Å². The third-order valence-corrected chi connectivity index (χ3v) is 6.37. The van der Waals surface area contributed by atoms with Crippen LogP contribution in [0, 0.1) is 5.82 Å². The molecule has 8 nitrogen and oxygen atoms in total. The van der Waals surface area contributed by atoms with Crippen LogP contribution < -0.4 is 20.3 Å². The van der Waals surface area contributed by atoms with E-state index in [1.54, 1.807) is 24.3 Å². The smallest absolute Gasteiger partial charge is 0.335 e. The van der Waals surface area contributed by atoms with E-state index in [9.17, 15) is 23.6 Å². The molecule has 0 bridgehead atoms. The summed E-state index contributed by atoms with van der Waals surface area (Å²) in [6, 6.07) is 13.1. The van der Waals surface area contributed by atoms with Gasteiger partial charge in [0.05, 0.1) is 20.2 Å². The van der Waals surface area contributed by atoms with E-state index in [1.165, 1.54) is 30.3 Å². The molecule has 1 saturated heterocycles. The molecule has 3 aromatic carbocycles. The van der Waals surface area contributed by atoms with E-state index >= 15 is 0 Å². The fourth-order valence-corrected chi connectivity index (χ4v) is 4.10. The first kappa shape index (κ1) is 26.3. The van der Waals surface area contributed by atoms with E-state index in [0.29, 0.717) is 31.5 Å². The van der Waals surface area contributed by atoms with Crippen LogP contribution in [0.2, 0.25) is 10.0 Å². The minimum Gasteiger partial charge on any atom is -0.483 e. The molecular weight excluding hydrogens is 592 g/mol. The molecule has 2 N–H and O–H groups in total. The van der Waals surface area contributed by atoms with Gasteiger partial charge in [0.15, 0.2) is 6.61 Å². The summed E-state index contributed by atoms with van der Waals surface area (Å²) in [5, 5.41) is 5.38. The number of imide groups is 2. The zero-order valence-corrected chi connectivity index (χ0v) is 21.7. The average Bonchev–Trinajstić information content (AvgIpc) is 2.84. The lowest BCUT2D eigenvalue weighted by molar-refractivity contribution is -0.122. The Morgan fingerprint density at radius 3 is 2.43 bits per heavy atom. The lowest BCUT2D eigenvalue weighted by atomic mass is 10.1. The van der Waals surface area contributed by atoms with Crippen LogP contribution in [0.5, 0.6) is 5.75 Å². The van der Waals surface area contributed by atoms with Gasteiger partial charge in [-0.3, -0.25) is 19.7 Å². The highest BCUT2D eigenvalue weighted by Crippen LogP contribution is 2.29. The van der Waals surface area contributed by atoms with Gasteiger partial charge in [-0.1, -0.05) is 29.3 Å². The third-order valence-electron chi connectivity index (χ3n) is 5.02. The van der Waals surface area contributed by atoms with E-state index in [0.717, 1.165) is 17.0 Å². The summed E-state index contributed by atoms with van der Waals surface area (Å²) in [4.78, 5) is 50.5. The minimum absolute atomic E-state index is 0.103. The van der Waals surface area contributed by atoms with Crippen LogP contribution in [0.4, 0.5) is 20.6 Å². The lowest BCUT2D eigenvalue weighted by Gasteiger charge is -2.26. The van der Waals surface area contributed by atoms with Crippen molar-refractivity contribution in [3.63, 3.8) is 0 Å². The summed E-state index contributed by atoms with van der Waals surface area (Å²) in [6.45, 7) is -0.311. The average molecular weight is 607 g/mol. The van der Waals surface area contributed by atoms with Crippen molar-refractivity contribution in [2.75, 3.05) is 16.8 Å². The SMILES string of the molecule is O=C(COc1ccc(/C=C2\C(=O)NC(=O)N(c3ccc(F)cc3)C2=O)cc1Br)Nc1ccc(Cl)c(Cl)c1. The molecule has 1 aliphatic rings. The molecule has 0 aromatic heterocycles. The van der Waals surface area contributed by atoms with Crippen molar-refractivity contribution in [3.05, 3.63) is 92.1 Å². The number of rotatable bonds is 6. The first-order valence-corrected chi connectivity index (χ1v) is 12.0. The Balaban J connectivity index is 1.46. The van der Waals surface area contributed by atoms with E-state index < -0.39 is 29.6 Å². The van der Waals surface area contributed by atoms with Gasteiger partial charge in [0.25, 0.3) is 17.7 Å². The highest BCUT2D eigenvalue weighted by atomic mass is 79.9. The van der Waals surface area contributed by atoms with Gasteiger partial charge in [-0.05, 0) is 82.2 Å². The normalized spacial score (nSPS) is 14.5. The molecule has 1 fully saturated rings. The number of anilines is 2. The Kier molecular flexibility index (Phi) is 7.91. The van der Waals surface area contributed by atoms with Gasteiger partial charge in [-0.15, -0.1) is 0 Å². The molecule has 0 aliphatic carbocycles. The van der Waals surface area contributed by atoms with Gasteiger partial charge in [0.1, 0.15) is 17.1 Å². The topological polar surface area (TPSA) is 105 Å². The monoisotopic (exact) mass is 605 g/mol. The number of nitrogens with one attached hydrogen (secondary N) is 2. The Labute approximate surface area is 228 Å². The Morgan fingerprint density at radius 1 is 1.03 bits per heavy atom. The molecule has 5 amide bonds. The first-order chi connectivity index (χ1) is 17.6. The second kappa shape index (κ2) is 11.1. The van der Waals surface area contributed by atoms with E-state index in [1.807, 2.05) is 0 Å². The molecule has 1 aliphatic heterocycles. The van der Waals surface area contributed by atoms with Crippen molar-refractivity contribution in [2.24, 2.45) is 0 Å². The van der Waals surface area contributed by atoms with Crippen molar-refractivity contribution < 1.29 is 28.3 Å². The van der Waals surface area contributed by atoms with Crippen molar-refractivity contribution in [2.45, 2.75) is 0 Å². The van der Waals surface area contributed by atoms with Gasteiger partial charge in [0.2, 0.25) is 0 Å². The standard InChI is InChI=1S/C25H15BrCl2FN3O5/c26-18-10-13(1-8-21(18)37-12-22(33)30-15-4-7-19(27)20(28)11-15)9-17-23(34)31-25(36)32(24(17)35)16-5-2-14(29)3-6-16/h1-11H,12H2,(H,30,33)(H,31,34,36)/b17-9+. The van der Waals surface area contributed by atoms with Crippen LogP contribution >= 0.6 is 39.1 Å². The lowest BCUT2D eigenvalue weighted by Crippen LogP contribution is -2.54. The first-order valence-electron chi connectivity index (χ1n) is 10.5. The minimum atomic E-state index is -0.942. The number of nitrogens with zero attached hydrogens (tertiary/aromatic N) is 1. The zero-order chi connectivity index (χ0) is 26.7. The molecular formula is C25H15BrCl2FN3O5. The molecule has 4 rings (SSSR count). The Bertz CT molecular complexity index is 1460. The highest BCUT2D eigenvalue weighted by Gasteiger charge is 2.36.